The van der Waals surface area contributed by atoms with Gasteiger partial charge in [0.15, 0.2) is 0 Å². The van der Waals surface area contributed by atoms with E-state index < -0.39 is 5.91 Å². The van der Waals surface area contributed by atoms with Crippen LogP contribution in [0.15, 0.2) is 36.4 Å². The van der Waals surface area contributed by atoms with Gasteiger partial charge in [0, 0.05) is 5.56 Å². The number of methoxy groups -OCH3 is 2. The standard InChI is InChI=1S/C15H14NO3/c1-18-11-6-3-5-10(9-11)14-12(15(16)17)7-4-8-13(14)19-2/h3-6,8-9H,1-2H3,(H2,16,17). The van der Waals surface area contributed by atoms with Crippen LogP contribution in [0.5, 0.6) is 11.5 Å². The Morgan fingerprint density at radius 3 is 2.63 bits per heavy atom. The van der Waals surface area contributed by atoms with Crippen LogP contribution in [0.25, 0.3) is 11.1 Å². The maximum atomic E-state index is 11.5. The molecular weight excluding hydrogens is 242 g/mol. The van der Waals surface area contributed by atoms with Crippen molar-refractivity contribution < 1.29 is 14.3 Å². The molecule has 0 saturated carbocycles. The van der Waals surface area contributed by atoms with Crippen molar-refractivity contribution in [3.63, 3.8) is 0 Å². The summed E-state index contributed by atoms with van der Waals surface area (Å²) in [6, 6.07) is 13.5. The van der Waals surface area contributed by atoms with Crippen LogP contribution < -0.4 is 15.2 Å². The Morgan fingerprint density at radius 2 is 2.00 bits per heavy atom. The fourth-order valence-corrected chi connectivity index (χ4v) is 1.91. The van der Waals surface area contributed by atoms with E-state index in [0.29, 0.717) is 22.6 Å². The molecule has 0 bridgehead atoms. The number of carbonyl (C=O) groups excluding carboxylic acids is 1. The summed E-state index contributed by atoms with van der Waals surface area (Å²) in [6.07, 6.45) is 0. The lowest BCUT2D eigenvalue weighted by molar-refractivity contribution is 0.100. The number of benzene rings is 2. The van der Waals surface area contributed by atoms with Crippen LogP contribution in [-0.2, 0) is 0 Å². The summed E-state index contributed by atoms with van der Waals surface area (Å²) in [5.74, 6) is 0.719. The van der Waals surface area contributed by atoms with Crippen LogP contribution in [0.3, 0.4) is 0 Å². The Hall–Kier alpha value is -2.49. The third kappa shape index (κ3) is 2.52. The molecule has 0 aliphatic heterocycles. The van der Waals surface area contributed by atoms with Crippen molar-refractivity contribution in [3.8, 4) is 22.6 Å². The van der Waals surface area contributed by atoms with Gasteiger partial charge < -0.3 is 15.2 Å². The minimum absolute atomic E-state index is 0.299. The van der Waals surface area contributed by atoms with E-state index in [1.165, 1.54) is 0 Å². The van der Waals surface area contributed by atoms with Crippen LogP contribution in [0.4, 0.5) is 0 Å². The van der Waals surface area contributed by atoms with Crippen molar-refractivity contribution in [1.29, 1.82) is 0 Å². The molecule has 97 valence electrons. The van der Waals surface area contributed by atoms with Gasteiger partial charge in [-0.2, -0.15) is 0 Å². The Labute approximate surface area is 111 Å². The van der Waals surface area contributed by atoms with Crippen molar-refractivity contribution in [2.75, 3.05) is 14.2 Å². The number of ether oxygens (including phenoxy) is 2. The number of carbonyl (C=O) groups is 1. The molecule has 2 rings (SSSR count). The van der Waals surface area contributed by atoms with Crippen molar-refractivity contribution in [1.82, 2.24) is 0 Å². The van der Waals surface area contributed by atoms with Gasteiger partial charge in [-0.25, -0.2) is 0 Å². The van der Waals surface area contributed by atoms with Crippen LogP contribution in [-0.4, -0.2) is 20.1 Å². The first kappa shape index (κ1) is 13.0. The molecule has 0 aliphatic carbocycles. The van der Waals surface area contributed by atoms with Gasteiger partial charge in [0.05, 0.1) is 19.8 Å². The zero-order valence-electron chi connectivity index (χ0n) is 10.8. The first-order valence-corrected chi connectivity index (χ1v) is 5.70. The lowest BCUT2D eigenvalue weighted by Crippen LogP contribution is -2.13. The second-order valence-electron chi connectivity index (χ2n) is 3.89. The van der Waals surface area contributed by atoms with E-state index in [2.05, 4.69) is 6.07 Å². The molecule has 2 aromatic carbocycles. The van der Waals surface area contributed by atoms with Crippen LogP contribution in [0.1, 0.15) is 10.4 Å². The fourth-order valence-electron chi connectivity index (χ4n) is 1.91. The summed E-state index contributed by atoms with van der Waals surface area (Å²) in [7, 11) is 3.13. The van der Waals surface area contributed by atoms with Crippen LogP contribution in [0, 0.1) is 6.07 Å². The summed E-state index contributed by atoms with van der Waals surface area (Å²) in [5, 5.41) is 0. The van der Waals surface area contributed by atoms with Gasteiger partial charge in [-0.3, -0.25) is 4.79 Å². The highest BCUT2D eigenvalue weighted by Crippen LogP contribution is 2.34. The molecule has 2 N–H and O–H groups in total. The maximum Gasteiger partial charge on any atom is 0.250 e. The monoisotopic (exact) mass is 256 g/mol. The predicted molar refractivity (Wildman–Crippen MR) is 72.3 cm³/mol. The highest BCUT2D eigenvalue weighted by molar-refractivity contribution is 6.01. The summed E-state index contributed by atoms with van der Waals surface area (Å²) in [5.41, 5.74) is 7.10. The zero-order chi connectivity index (χ0) is 13.8. The van der Waals surface area contributed by atoms with Crippen molar-refractivity contribution >= 4 is 5.91 Å². The molecule has 2 aromatic rings. The topological polar surface area (TPSA) is 61.5 Å². The first-order chi connectivity index (χ1) is 9.17. The summed E-state index contributed by atoms with van der Waals surface area (Å²) < 4.78 is 10.5. The number of hydrogen-bond donors (Lipinski definition) is 1. The third-order valence-electron chi connectivity index (χ3n) is 2.78. The SMILES string of the molecule is COc1cccc(-c2c(C(N)=O)[c]ccc2OC)c1. The Bertz CT molecular complexity index is 608. The predicted octanol–water partition coefficient (Wildman–Crippen LogP) is 2.27. The van der Waals surface area contributed by atoms with Gasteiger partial charge in [0.25, 0.3) is 0 Å². The van der Waals surface area contributed by atoms with Gasteiger partial charge in [0.1, 0.15) is 11.5 Å². The van der Waals surface area contributed by atoms with Gasteiger partial charge in [-0.15, -0.1) is 0 Å². The molecule has 1 radical (unpaired) electrons. The van der Waals surface area contributed by atoms with Gasteiger partial charge in [-0.05, 0) is 35.9 Å². The van der Waals surface area contributed by atoms with E-state index >= 15 is 0 Å². The van der Waals surface area contributed by atoms with Crippen molar-refractivity contribution in [3.05, 3.63) is 48.0 Å². The maximum absolute atomic E-state index is 11.5. The average Bonchev–Trinajstić information content (AvgIpc) is 2.46. The van der Waals surface area contributed by atoms with E-state index in [0.717, 1.165) is 5.56 Å². The first-order valence-electron chi connectivity index (χ1n) is 5.70. The smallest absolute Gasteiger partial charge is 0.250 e. The van der Waals surface area contributed by atoms with E-state index in [9.17, 15) is 4.79 Å². The third-order valence-corrected chi connectivity index (χ3v) is 2.78. The molecule has 4 nitrogen and oxygen atoms in total. The molecule has 0 fully saturated rings. The van der Waals surface area contributed by atoms with E-state index in [4.69, 9.17) is 15.2 Å². The van der Waals surface area contributed by atoms with Crippen molar-refractivity contribution in [2.24, 2.45) is 5.73 Å². The molecule has 0 heterocycles. The fraction of sp³-hybridized carbons (Fsp3) is 0.133. The molecule has 1 amide bonds. The average molecular weight is 256 g/mol. The van der Waals surface area contributed by atoms with Crippen LogP contribution >= 0.6 is 0 Å². The number of amides is 1. The highest BCUT2D eigenvalue weighted by atomic mass is 16.5. The van der Waals surface area contributed by atoms with Gasteiger partial charge in [-0.1, -0.05) is 12.1 Å². The minimum Gasteiger partial charge on any atom is -0.497 e. The lowest BCUT2D eigenvalue weighted by atomic mass is 9.98. The minimum atomic E-state index is -0.545. The van der Waals surface area contributed by atoms with E-state index in [1.807, 2.05) is 24.3 Å². The Morgan fingerprint density at radius 1 is 1.21 bits per heavy atom. The second-order valence-corrected chi connectivity index (χ2v) is 3.89. The molecule has 0 aromatic heterocycles. The Kier molecular flexibility index (Phi) is 3.71. The van der Waals surface area contributed by atoms with E-state index in [1.54, 1.807) is 26.4 Å². The molecule has 0 spiro atoms. The number of rotatable bonds is 4. The second kappa shape index (κ2) is 5.44. The van der Waals surface area contributed by atoms with Gasteiger partial charge >= 0.3 is 0 Å². The molecular formula is C15H14NO3. The summed E-state index contributed by atoms with van der Waals surface area (Å²) in [6.45, 7) is 0. The number of hydrogen-bond acceptors (Lipinski definition) is 3. The number of primary amides is 1. The van der Waals surface area contributed by atoms with Gasteiger partial charge in [0.2, 0.25) is 5.91 Å². The summed E-state index contributed by atoms with van der Waals surface area (Å²) >= 11 is 0. The molecule has 0 atom stereocenters. The molecule has 0 unspecified atom stereocenters. The van der Waals surface area contributed by atoms with Crippen molar-refractivity contribution in [2.45, 2.75) is 0 Å². The molecule has 19 heavy (non-hydrogen) atoms. The largest absolute Gasteiger partial charge is 0.497 e. The Balaban J connectivity index is 2.68. The molecule has 0 saturated heterocycles. The highest BCUT2D eigenvalue weighted by Gasteiger charge is 2.15. The molecule has 4 heteroatoms. The quantitative estimate of drug-likeness (QED) is 0.912. The molecule has 0 aliphatic rings. The lowest BCUT2D eigenvalue weighted by Gasteiger charge is -2.12. The summed E-state index contributed by atoms with van der Waals surface area (Å²) in [4.78, 5) is 11.5. The van der Waals surface area contributed by atoms with Crippen LogP contribution in [0.2, 0.25) is 0 Å². The normalized spacial score (nSPS) is 10.0. The zero-order valence-corrected chi connectivity index (χ0v) is 10.8. The number of nitrogens with two attached hydrogens (primary N) is 1. The van der Waals surface area contributed by atoms with E-state index in [-0.39, 0.29) is 0 Å².